The standard InChI is InChI=1S/C20H21N7O/c1-3-26-18-17(24-20(26)21)9-15(11-22-18)19(28)25(2)12-14-10-23-27(13-14)16-7-5-4-6-8-16/h4-11,13H,3,12H2,1-2H3,(H2,21,24). The fourth-order valence-corrected chi connectivity index (χ4v) is 3.19. The first kappa shape index (κ1) is 17.7. The van der Waals surface area contributed by atoms with Crippen LogP contribution in [-0.2, 0) is 13.1 Å². The Kier molecular flexibility index (Phi) is 4.52. The van der Waals surface area contributed by atoms with Gasteiger partial charge in [0.15, 0.2) is 5.65 Å². The number of nitrogens with two attached hydrogens (primary N) is 1. The number of carbonyl (C=O) groups excluding carboxylic acids is 1. The smallest absolute Gasteiger partial charge is 0.255 e. The van der Waals surface area contributed by atoms with Crippen molar-refractivity contribution in [3.63, 3.8) is 0 Å². The molecule has 0 saturated carbocycles. The van der Waals surface area contributed by atoms with Crippen LogP contribution in [0.15, 0.2) is 55.0 Å². The molecule has 0 bridgehead atoms. The van der Waals surface area contributed by atoms with Gasteiger partial charge in [0, 0.05) is 38.1 Å². The Hall–Kier alpha value is -3.68. The van der Waals surface area contributed by atoms with Crippen molar-refractivity contribution in [2.75, 3.05) is 12.8 Å². The molecule has 0 radical (unpaired) electrons. The molecule has 8 nitrogen and oxygen atoms in total. The Balaban J connectivity index is 1.52. The number of nitrogen functional groups attached to an aromatic ring is 1. The summed E-state index contributed by atoms with van der Waals surface area (Å²) in [4.78, 5) is 23.1. The van der Waals surface area contributed by atoms with E-state index in [-0.39, 0.29) is 5.91 Å². The molecule has 3 heterocycles. The Bertz CT molecular complexity index is 1130. The molecule has 8 heteroatoms. The lowest BCUT2D eigenvalue weighted by Gasteiger charge is -2.16. The van der Waals surface area contributed by atoms with E-state index in [0.717, 1.165) is 11.3 Å². The molecule has 0 spiro atoms. The van der Waals surface area contributed by atoms with E-state index in [9.17, 15) is 4.79 Å². The molecule has 142 valence electrons. The van der Waals surface area contributed by atoms with Gasteiger partial charge in [0.05, 0.1) is 17.4 Å². The van der Waals surface area contributed by atoms with E-state index < -0.39 is 0 Å². The minimum Gasteiger partial charge on any atom is -0.369 e. The molecule has 0 fully saturated rings. The molecule has 0 atom stereocenters. The number of rotatable bonds is 5. The monoisotopic (exact) mass is 375 g/mol. The molecule has 1 aromatic carbocycles. The number of aryl methyl sites for hydroxylation is 1. The number of imidazole rings is 1. The Morgan fingerprint density at radius 1 is 1.21 bits per heavy atom. The van der Waals surface area contributed by atoms with Crippen LogP contribution in [0.25, 0.3) is 16.9 Å². The van der Waals surface area contributed by atoms with Crippen LogP contribution in [0, 0.1) is 0 Å². The highest BCUT2D eigenvalue weighted by molar-refractivity contribution is 5.96. The van der Waals surface area contributed by atoms with E-state index in [0.29, 0.717) is 35.8 Å². The first-order chi connectivity index (χ1) is 13.6. The summed E-state index contributed by atoms with van der Waals surface area (Å²) in [7, 11) is 1.76. The van der Waals surface area contributed by atoms with E-state index in [4.69, 9.17) is 5.73 Å². The Morgan fingerprint density at radius 2 is 2.00 bits per heavy atom. The number of pyridine rings is 1. The third kappa shape index (κ3) is 3.20. The van der Waals surface area contributed by atoms with Crippen LogP contribution in [0.4, 0.5) is 5.95 Å². The number of para-hydroxylation sites is 1. The first-order valence-electron chi connectivity index (χ1n) is 9.03. The van der Waals surface area contributed by atoms with Gasteiger partial charge in [0.25, 0.3) is 5.91 Å². The topological polar surface area (TPSA) is 94.9 Å². The molecule has 0 saturated heterocycles. The fourth-order valence-electron chi connectivity index (χ4n) is 3.19. The summed E-state index contributed by atoms with van der Waals surface area (Å²) in [5, 5.41) is 4.37. The highest BCUT2D eigenvalue weighted by Gasteiger charge is 2.16. The predicted molar refractivity (Wildman–Crippen MR) is 107 cm³/mol. The van der Waals surface area contributed by atoms with Gasteiger partial charge in [0.1, 0.15) is 5.52 Å². The van der Waals surface area contributed by atoms with E-state index >= 15 is 0 Å². The van der Waals surface area contributed by atoms with Gasteiger partial charge in [-0.3, -0.25) is 9.36 Å². The second-order valence-electron chi connectivity index (χ2n) is 6.57. The third-order valence-corrected chi connectivity index (χ3v) is 4.60. The molecule has 28 heavy (non-hydrogen) atoms. The molecule has 0 aliphatic carbocycles. The van der Waals surface area contributed by atoms with Crippen molar-refractivity contribution >= 4 is 23.0 Å². The van der Waals surface area contributed by atoms with Gasteiger partial charge in [-0.15, -0.1) is 0 Å². The molecular weight excluding hydrogens is 354 g/mol. The third-order valence-electron chi connectivity index (χ3n) is 4.60. The van der Waals surface area contributed by atoms with Crippen LogP contribution >= 0.6 is 0 Å². The number of fused-ring (bicyclic) bond motifs is 1. The summed E-state index contributed by atoms with van der Waals surface area (Å²) in [6.07, 6.45) is 5.26. The van der Waals surface area contributed by atoms with Gasteiger partial charge in [-0.2, -0.15) is 5.10 Å². The molecule has 0 unspecified atom stereocenters. The number of aromatic nitrogens is 5. The lowest BCUT2D eigenvalue weighted by Crippen LogP contribution is -2.26. The molecule has 4 rings (SSSR count). The Labute approximate surface area is 162 Å². The van der Waals surface area contributed by atoms with Crippen LogP contribution in [0.3, 0.4) is 0 Å². The zero-order valence-corrected chi connectivity index (χ0v) is 15.8. The van der Waals surface area contributed by atoms with Gasteiger partial charge >= 0.3 is 0 Å². The van der Waals surface area contributed by atoms with Crippen LogP contribution in [0.2, 0.25) is 0 Å². The zero-order valence-electron chi connectivity index (χ0n) is 15.8. The summed E-state index contributed by atoms with van der Waals surface area (Å²) in [6.45, 7) is 3.09. The maximum atomic E-state index is 12.8. The first-order valence-corrected chi connectivity index (χ1v) is 9.03. The van der Waals surface area contributed by atoms with Gasteiger partial charge in [-0.1, -0.05) is 18.2 Å². The van der Waals surface area contributed by atoms with Gasteiger partial charge in [0.2, 0.25) is 5.95 Å². The highest BCUT2D eigenvalue weighted by Crippen LogP contribution is 2.18. The number of carbonyl (C=O) groups is 1. The quantitative estimate of drug-likeness (QED) is 0.578. The van der Waals surface area contributed by atoms with Gasteiger partial charge in [-0.25, -0.2) is 14.6 Å². The number of nitrogens with zero attached hydrogens (tertiary/aromatic N) is 6. The summed E-state index contributed by atoms with van der Waals surface area (Å²) in [6, 6.07) is 11.6. The van der Waals surface area contributed by atoms with Crippen molar-refractivity contribution < 1.29 is 4.79 Å². The van der Waals surface area contributed by atoms with E-state index in [1.54, 1.807) is 35.1 Å². The number of anilines is 1. The SMILES string of the molecule is CCn1c(N)nc2cc(C(=O)N(C)Cc3cnn(-c4ccccc4)c3)cnc21. The van der Waals surface area contributed by atoms with Crippen molar-refractivity contribution in [2.24, 2.45) is 0 Å². The van der Waals surface area contributed by atoms with Crippen LogP contribution in [0.5, 0.6) is 0 Å². The van der Waals surface area contributed by atoms with Crippen LogP contribution in [0.1, 0.15) is 22.8 Å². The fraction of sp³-hybridized carbons (Fsp3) is 0.200. The zero-order chi connectivity index (χ0) is 19.7. The molecule has 0 aliphatic rings. The van der Waals surface area contributed by atoms with E-state index in [1.165, 1.54) is 0 Å². The van der Waals surface area contributed by atoms with Crippen molar-refractivity contribution in [1.82, 2.24) is 29.2 Å². The maximum Gasteiger partial charge on any atom is 0.255 e. The molecule has 3 aromatic heterocycles. The molecular formula is C20H21N7O. The van der Waals surface area contributed by atoms with Crippen molar-refractivity contribution in [3.8, 4) is 5.69 Å². The number of amides is 1. The van der Waals surface area contributed by atoms with Crippen molar-refractivity contribution in [2.45, 2.75) is 20.0 Å². The van der Waals surface area contributed by atoms with E-state index in [1.807, 2.05) is 48.0 Å². The normalized spacial score (nSPS) is 11.1. The minimum absolute atomic E-state index is 0.133. The average Bonchev–Trinajstić information content (AvgIpc) is 3.30. The van der Waals surface area contributed by atoms with E-state index in [2.05, 4.69) is 15.1 Å². The number of benzene rings is 1. The summed E-state index contributed by atoms with van der Waals surface area (Å²) in [5.74, 6) is 0.266. The average molecular weight is 375 g/mol. The second kappa shape index (κ2) is 7.15. The molecule has 0 aliphatic heterocycles. The molecule has 4 aromatic rings. The summed E-state index contributed by atoms with van der Waals surface area (Å²) in [5.41, 5.74) is 9.60. The predicted octanol–water partition coefficient (Wildman–Crippen LogP) is 2.49. The van der Waals surface area contributed by atoms with Gasteiger partial charge in [-0.05, 0) is 25.1 Å². The summed E-state index contributed by atoms with van der Waals surface area (Å²) < 4.78 is 3.60. The van der Waals surface area contributed by atoms with Gasteiger partial charge < -0.3 is 10.6 Å². The Morgan fingerprint density at radius 3 is 2.75 bits per heavy atom. The maximum absolute atomic E-state index is 12.8. The lowest BCUT2D eigenvalue weighted by molar-refractivity contribution is 0.0785. The lowest BCUT2D eigenvalue weighted by atomic mass is 10.2. The van der Waals surface area contributed by atoms with Crippen molar-refractivity contribution in [1.29, 1.82) is 0 Å². The van der Waals surface area contributed by atoms with Crippen LogP contribution in [-0.4, -0.2) is 42.2 Å². The summed E-state index contributed by atoms with van der Waals surface area (Å²) >= 11 is 0. The number of hydrogen-bond donors (Lipinski definition) is 1. The van der Waals surface area contributed by atoms with Crippen molar-refractivity contribution in [3.05, 3.63) is 66.1 Å². The minimum atomic E-state index is -0.133. The van der Waals surface area contributed by atoms with Crippen LogP contribution < -0.4 is 5.73 Å². The number of hydrogen-bond acceptors (Lipinski definition) is 5. The largest absolute Gasteiger partial charge is 0.369 e. The highest BCUT2D eigenvalue weighted by atomic mass is 16.2. The second-order valence-corrected chi connectivity index (χ2v) is 6.57. The molecule has 1 amide bonds. The molecule has 2 N–H and O–H groups in total.